The highest BCUT2D eigenvalue weighted by atomic mass is 16.5. The third-order valence-electron chi connectivity index (χ3n) is 1.84. The molecule has 0 aromatic carbocycles. The van der Waals surface area contributed by atoms with Gasteiger partial charge in [-0.3, -0.25) is 0 Å². The molecule has 0 saturated heterocycles. The summed E-state index contributed by atoms with van der Waals surface area (Å²) in [6.45, 7) is 0.721. The van der Waals surface area contributed by atoms with Gasteiger partial charge in [0, 0.05) is 14.2 Å². The molecule has 0 bridgehead atoms. The van der Waals surface area contributed by atoms with Crippen molar-refractivity contribution in [3.8, 4) is 0 Å². The van der Waals surface area contributed by atoms with Gasteiger partial charge in [-0.25, -0.2) is 0 Å². The van der Waals surface area contributed by atoms with E-state index in [0.717, 1.165) is 19.4 Å². The van der Waals surface area contributed by atoms with Gasteiger partial charge in [-0.1, -0.05) is 6.08 Å². The van der Waals surface area contributed by atoms with Crippen molar-refractivity contribution in [3.63, 3.8) is 0 Å². The third-order valence-corrected chi connectivity index (χ3v) is 1.84. The topological polar surface area (TPSA) is 18.5 Å². The van der Waals surface area contributed by atoms with Gasteiger partial charge in [0.25, 0.3) is 0 Å². The van der Waals surface area contributed by atoms with Crippen molar-refractivity contribution in [1.82, 2.24) is 0 Å². The second kappa shape index (κ2) is 3.74. The Labute approximate surface area is 61.8 Å². The SMILES string of the molecule is COCC1=CCC[C@@H]1OC. The first-order chi connectivity index (χ1) is 4.88. The lowest BCUT2D eigenvalue weighted by molar-refractivity contribution is 0.113. The summed E-state index contributed by atoms with van der Waals surface area (Å²) in [6, 6.07) is 0. The van der Waals surface area contributed by atoms with E-state index in [4.69, 9.17) is 9.47 Å². The maximum atomic E-state index is 5.23. The average molecular weight is 142 g/mol. The van der Waals surface area contributed by atoms with Crippen LogP contribution in [0, 0.1) is 0 Å². The average Bonchev–Trinajstić information content (AvgIpc) is 2.36. The predicted octanol–water partition coefficient (Wildman–Crippen LogP) is 1.37. The molecule has 0 N–H and O–H groups in total. The smallest absolute Gasteiger partial charge is 0.0806 e. The molecule has 0 aromatic heterocycles. The molecule has 0 unspecified atom stereocenters. The van der Waals surface area contributed by atoms with Gasteiger partial charge in [0.1, 0.15) is 0 Å². The lowest BCUT2D eigenvalue weighted by Gasteiger charge is -2.11. The lowest BCUT2D eigenvalue weighted by atomic mass is 10.2. The van der Waals surface area contributed by atoms with Crippen LogP contribution in [0.4, 0.5) is 0 Å². The summed E-state index contributed by atoms with van der Waals surface area (Å²) < 4.78 is 10.2. The number of allylic oxidation sites excluding steroid dienone is 1. The van der Waals surface area contributed by atoms with Gasteiger partial charge < -0.3 is 9.47 Å². The molecule has 0 amide bonds. The molecule has 1 aliphatic rings. The van der Waals surface area contributed by atoms with E-state index >= 15 is 0 Å². The molecule has 0 aliphatic heterocycles. The van der Waals surface area contributed by atoms with Crippen LogP contribution in [0.5, 0.6) is 0 Å². The van der Waals surface area contributed by atoms with Crippen molar-refractivity contribution < 1.29 is 9.47 Å². The molecule has 0 heterocycles. The monoisotopic (exact) mass is 142 g/mol. The summed E-state index contributed by atoms with van der Waals surface area (Å²) >= 11 is 0. The molecule has 1 aliphatic carbocycles. The van der Waals surface area contributed by atoms with Crippen molar-refractivity contribution in [2.24, 2.45) is 0 Å². The fraction of sp³-hybridized carbons (Fsp3) is 0.750. The van der Waals surface area contributed by atoms with Crippen LogP contribution in [0.2, 0.25) is 0 Å². The van der Waals surface area contributed by atoms with E-state index in [1.807, 2.05) is 0 Å². The van der Waals surface area contributed by atoms with Crippen molar-refractivity contribution in [2.75, 3.05) is 20.8 Å². The quantitative estimate of drug-likeness (QED) is 0.554. The Morgan fingerprint density at radius 1 is 1.60 bits per heavy atom. The zero-order valence-corrected chi connectivity index (χ0v) is 6.59. The lowest BCUT2D eigenvalue weighted by Crippen LogP contribution is -2.12. The molecule has 2 nitrogen and oxygen atoms in total. The van der Waals surface area contributed by atoms with Gasteiger partial charge in [0.05, 0.1) is 12.7 Å². The summed E-state index contributed by atoms with van der Waals surface area (Å²) in [7, 11) is 3.46. The maximum Gasteiger partial charge on any atom is 0.0806 e. The highest BCUT2D eigenvalue weighted by molar-refractivity contribution is 5.14. The van der Waals surface area contributed by atoms with Gasteiger partial charge in [0.15, 0.2) is 0 Å². The highest BCUT2D eigenvalue weighted by Gasteiger charge is 2.17. The van der Waals surface area contributed by atoms with E-state index in [1.54, 1.807) is 14.2 Å². The molecular weight excluding hydrogens is 128 g/mol. The van der Waals surface area contributed by atoms with Gasteiger partial charge in [-0.05, 0) is 18.4 Å². The normalized spacial score (nSPS) is 25.0. The number of ether oxygens (including phenoxy) is 2. The molecule has 0 spiro atoms. The first kappa shape index (κ1) is 7.76. The van der Waals surface area contributed by atoms with E-state index < -0.39 is 0 Å². The summed E-state index contributed by atoms with van der Waals surface area (Å²) in [5.41, 5.74) is 1.30. The molecule has 0 fully saturated rings. The Bertz CT molecular complexity index is 129. The second-order valence-corrected chi connectivity index (χ2v) is 2.51. The molecule has 2 heteroatoms. The van der Waals surface area contributed by atoms with Crippen LogP contribution in [-0.4, -0.2) is 26.9 Å². The van der Waals surface area contributed by atoms with Crippen molar-refractivity contribution >= 4 is 0 Å². The minimum Gasteiger partial charge on any atom is -0.380 e. The Balaban J connectivity index is 2.40. The van der Waals surface area contributed by atoms with Gasteiger partial charge in [-0.15, -0.1) is 0 Å². The van der Waals surface area contributed by atoms with E-state index in [-0.39, 0.29) is 0 Å². The largest absolute Gasteiger partial charge is 0.380 e. The molecule has 1 rings (SSSR count). The van der Waals surface area contributed by atoms with Crippen LogP contribution in [0.15, 0.2) is 11.6 Å². The summed E-state index contributed by atoms with van der Waals surface area (Å²) in [4.78, 5) is 0. The maximum absolute atomic E-state index is 5.23. The van der Waals surface area contributed by atoms with Crippen LogP contribution in [0.25, 0.3) is 0 Å². The van der Waals surface area contributed by atoms with Crippen molar-refractivity contribution in [2.45, 2.75) is 18.9 Å². The van der Waals surface area contributed by atoms with Crippen LogP contribution in [0.3, 0.4) is 0 Å². The Hall–Kier alpha value is -0.340. The van der Waals surface area contributed by atoms with E-state index in [2.05, 4.69) is 6.08 Å². The fourth-order valence-electron chi connectivity index (χ4n) is 1.32. The van der Waals surface area contributed by atoms with Gasteiger partial charge in [-0.2, -0.15) is 0 Å². The molecule has 10 heavy (non-hydrogen) atoms. The van der Waals surface area contributed by atoms with E-state index in [9.17, 15) is 0 Å². The van der Waals surface area contributed by atoms with E-state index in [1.165, 1.54) is 5.57 Å². The predicted molar refractivity (Wildman–Crippen MR) is 40.0 cm³/mol. The first-order valence-corrected chi connectivity index (χ1v) is 3.59. The molecule has 1 atom stereocenters. The minimum absolute atomic E-state index is 0.319. The molecule has 58 valence electrons. The molecule has 0 radical (unpaired) electrons. The van der Waals surface area contributed by atoms with Gasteiger partial charge >= 0.3 is 0 Å². The zero-order valence-electron chi connectivity index (χ0n) is 6.59. The number of hydrogen-bond donors (Lipinski definition) is 0. The first-order valence-electron chi connectivity index (χ1n) is 3.59. The molecule has 0 aromatic rings. The number of methoxy groups -OCH3 is 2. The Morgan fingerprint density at radius 2 is 2.40 bits per heavy atom. The molecular formula is C8H14O2. The van der Waals surface area contributed by atoms with Crippen LogP contribution in [-0.2, 0) is 9.47 Å². The minimum atomic E-state index is 0.319. The highest BCUT2D eigenvalue weighted by Crippen LogP contribution is 2.20. The third kappa shape index (κ3) is 1.58. The zero-order chi connectivity index (χ0) is 7.40. The summed E-state index contributed by atoms with van der Waals surface area (Å²) in [5, 5.41) is 0. The second-order valence-electron chi connectivity index (χ2n) is 2.51. The Morgan fingerprint density at radius 3 is 3.00 bits per heavy atom. The summed E-state index contributed by atoms with van der Waals surface area (Å²) in [5.74, 6) is 0. The molecule has 0 saturated carbocycles. The van der Waals surface area contributed by atoms with Crippen molar-refractivity contribution in [3.05, 3.63) is 11.6 Å². The standard InChI is InChI=1S/C8H14O2/c1-9-6-7-4-3-5-8(7)10-2/h4,8H,3,5-6H2,1-2H3/t8-/m0/s1. The van der Waals surface area contributed by atoms with Crippen LogP contribution in [0.1, 0.15) is 12.8 Å². The number of hydrogen-bond acceptors (Lipinski definition) is 2. The van der Waals surface area contributed by atoms with Crippen LogP contribution >= 0.6 is 0 Å². The van der Waals surface area contributed by atoms with Gasteiger partial charge in [0.2, 0.25) is 0 Å². The van der Waals surface area contributed by atoms with Crippen LogP contribution < -0.4 is 0 Å². The van der Waals surface area contributed by atoms with Crippen molar-refractivity contribution in [1.29, 1.82) is 0 Å². The number of rotatable bonds is 3. The fourth-order valence-corrected chi connectivity index (χ4v) is 1.32. The Kier molecular flexibility index (Phi) is 2.90. The summed E-state index contributed by atoms with van der Waals surface area (Å²) in [6.07, 6.45) is 4.78. The van der Waals surface area contributed by atoms with E-state index in [0.29, 0.717) is 6.10 Å².